The van der Waals surface area contributed by atoms with Crippen molar-refractivity contribution >= 4 is 17.3 Å². The summed E-state index contributed by atoms with van der Waals surface area (Å²) in [7, 11) is 1.52. The molecule has 0 radical (unpaired) electrons. The van der Waals surface area contributed by atoms with Crippen molar-refractivity contribution in [3.8, 4) is 5.75 Å². The summed E-state index contributed by atoms with van der Waals surface area (Å²) in [4.78, 5) is 12.1. The lowest BCUT2D eigenvalue weighted by molar-refractivity contribution is 0.102. The quantitative estimate of drug-likeness (QED) is 0.846. The minimum Gasteiger partial charge on any atom is -0.495 e. The first-order valence-corrected chi connectivity index (χ1v) is 6.01. The second-order valence-electron chi connectivity index (χ2n) is 4.43. The molecular weight excluding hydrogens is 259 g/mol. The molecule has 0 aliphatic carbocycles. The van der Waals surface area contributed by atoms with Gasteiger partial charge in [-0.05, 0) is 42.8 Å². The molecule has 0 aliphatic heterocycles. The Kier molecular flexibility index (Phi) is 3.89. The van der Waals surface area contributed by atoms with Crippen molar-refractivity contribution < 1.29 is 13.9 Å². The number of carbonyl (C=O) groups is 1. The molecule has 2 rings (SSSR count). The van der Waals surface area contributed by atoms with E-state index in [1.165, 1.54) is 13.2 Å². The minimum atomic E-state index is -0.550. The first-order valence-electron chi connectivity index (χ1n) is 6.01. The van der Waals surface area contributed by atoms with Crippen LogP contribution in [0.15, 0.2) is 36.4 Å². The van der Waals surface area contributed by atoms with Crippen molar-refractivity contribution in [3.63, 3.8) is 0 Å². The average Bonchev–Trinajstić information content (AvgIpc) is 2.39. The van der Waals surface area contributed by atoms with E-state index in [2.05, 4.69) is 5.32 Å². The van der Waals surface area contributed by atoms with E-state index in [0.29, 0.717) is 11.4 Å². The van der Waals surface area contributed by atoms with Crippen molar-refractivity contribution in [3.05, 3.63) is 53.3 Å². The van der Waals surface area contributed by atoms with Gasteiger partial charge in [0.25, 0.3) is 5.91 Å². The maximum atomic E-state index is 13.2. The van der Waals surface area contributed by atoms with Gasteiger partial charge in [-0.3, -0.25) is 4.79 Å². The molecule has 0 atom stereocenters. The Hall–Kier alpha value is -2.56. The van der Waals surface area contributed by atoms with Crippen LogP contribution in [0, 0.1) is 12.7 Å². The molecule has 4 nitrogen and oxygen atoms in total. The van der Waals surface area contributed by atoms with E-state index in [-0.39, 0.29) is 11.3 Å². The number of halogens is 1. The van der Waals surface area contributed by atoms with Crippen LogP contribution in [0.25, 0.3) is 0 Å². The molecule has 0 unspecified atom stereocenters. The Labute approximate surface area is 116 Å². The minimum absolute atomic E-state index is 0.158. The number of rotatable bonds is 3. The number of nitrogen functional groups attached to an aromatic ring is 1. The third-order valence-electron chi connectivity index (χ3n) is 2.79. The molecule has 20 heavy (non-hydrogen) atoms. The molecule has 0 saturated heterocycles. The van der Waals surface area contributed by atoms with Gasteiger partial charge in [-0.15, -0.1) is 0 Å². The monoisotopic (exact) mass is 274 g/mol. The second-order valence-corrected chi connectivity index (χ2v) is 4.43. The Morgan fingerprint density at radius 3 is 2.65 bits per heavy atom. The summed E-state index contributed by atoms with van der Waals surface area (Å²) in [6, 6.07) is 9.08. The zero-order chi connectivity index (χ0) is 14.7. The Bertz CT molecular complexity index is 636. The van der Waals surface area contributed by atoms with Crippen LogP contribution >= 0.6 is 0 Å². The van der Waals surface area contributed by atoms with Crippen molar-refractivity contribution in [2.45, 2.75) is 6.92 Å². The van der Waals surface area contributed by atoms with Crippen LogP contribution in [-0.4, -0.2) is 13.0 Å². The molecule has 0 fully saturated rings. The predicted octanol–water partition coefficient (Wildman–Crippen LogP) is 2.98. The van der Waals surface area contributed by atoms with E-state index in [1.54, 1.807) is 12.1 Å². The van der Waals surface area contributed by atoms with Crippen molar-refractivity contribution in [2.75, 3.05) is 18.2 Å². The smallest absolute Gasteiger partial charge is 0.255 e. The van der Waals surface area contributed by atoms with Crippen LogP contribution in [0.4, 0.5) is 15.8 Å². The number of ether oxygens (including phenoxy) is 1. The maximum absolute atomic E-state index is 13.2. The highest BCUT2D eigenvalue weighted by Gasteiger charge is 2.11. The number of anilines is 2. The van der Waals surface area contributed by atoms with Crippen molar-refractivity contribution in [1.29, 1.82) is 0 Å². The van der Waals surface area contributed by atoms with Crippen molar-refractivity contribution in [1.82, 2.24) is 0 Å². The molecule has 0 saturated carbocycles. The first-order chi connectivity index (χ1) is 9.49. The van der Waals surface area contributed by atoms with E-state index in [0.717, 1.165) is 17.7 Å². The number of hydrogen-bond donors (Lipinski definition) is 2. The molecule has 0 bridgehead atoms. The van der Waals surface area contributed by atoms with E-state index >= 15 is 0 Å². The van der Waals surface area contributed by atoms with Gasteiger partial charge in [-0.1, -0.05) is 6.07 Å². The lowest BCUT2D eigenvalue weighted by Crippen LogP contribution is -2.13. The zero-order valence-corrected chi connectivity index (χ0v) is 11.2. The normalized spacial score (nSPS) is 10.2. The van der Waals surface area contributed by atoms with Crippen molar-refractivity contribution in [2.24, 2.45) is 0 Å². The first kappa shape index (κ1) is 13.9. The maximum Gasteiger partial charge on any atom is 0.255 e. The van der Waals surface area contributed by atoms with Crippen LogP contribution < -0.4 is 15.8 Å². The fourth-order valence-electron chi connectivity index (χ4n) is 1.84. The Balaban J connectivity index is 2.27. The van der Waals surface area contributed by atoms with Gasteiger partial charge in [0.05, 0.1) is 12.8 Å². The highest BCUT2D eigenvalue weighted by Crippen LogP contribution is 2.26. The van der Waals surface area contributed by atoms with Crippen LogP contribution in [0.3, 0.4) is 0 Å². The van der Waals surface area contributed by atoms with Gasteiger partial charge in [0.2, 0.25) is 0 Å². The number of methoxy groups -OCH3 is 1. The highest BCUT2D eigenvalue weighted by atomic mass is 19.1. The van der Waals surface area contributed by atoms with Gasteiger partial charge >= 0.3 is 0 Å². The molecule has 2 aromatic carbocycles. The number of benzene rings is 2. The molecular formula is C15H15FN2O2. The number of amides is 1. The summed E-state index contributed by atoms with van der Waals surface area (Å²) in [5.74, 6) is -0.452. The summed E-state index contributed by atoms with van der Waals surface area (Å²) in [6.45, 7) is 1.92. The molecule has 1 amide bonds. The van der Waals surface area contributed by atoms with Crippen LogP contribution in [-0.2, 0) is 0 Å². The van der Waals surface area contributed by atoms with E-state index < -0.39 is 11.7 Å². The van der Waals surface area contributed by atoms with Gasteiger partial charge in [0, 0.05) is 11.3 Å². The SMILES string of the molecule is COc1cc(C)ccc1NC(=O)c1cc(N)cc(F)c1. The summed E-state index contributed by atoms with van der Waals surface area (Å²) in [6.07, 6.45) is 0. The van der Waals surface area contributed by atoms with Gasteiger partial charge < -0.3 is 15.8 Å². The number of aryl methyl sites for hydroxylation is 1. The number of carbonyl (C=O) groups excluding carboxylic acids is 1. The van der Waals surface area contributed by atoms with Crippen LogP contribution in [0.5, 0.6) is 5.75 Å². The van der Waals surface area contributed by atoms with Crippen LogP contribution in [0.1, 0.15) is 15.9 Å². The molecule has 0 aromatic heterocycles. The number of nitrogens with one attached hydrogen (secondary N) is 1. The van der Waals surface area contributed by atoms with E-state index in [4.69, 9.17) is 10.5 Å². The standard InChI is InChI=1S/C15H15FN2O2/c1-9-3-4-13(14(5-9)20-2)18-15(19)10-6-11(16)8-12(17)7-10/h3-8H,17H2,1-2H3,(H,18,19). The second kappa shape index (κ2) is 5.61. The molecule has 0 aliphatic rings. The van der Waals surface area contributed by atoms with Crippen LogP contribution in [0.2, 0.25) is 0 Å². The molecule has 0 heterocycles. The number of nitrogens with two attached hydrogens (primary N) is 1. The zero-order valence-electron chi connectivity index (χ0n) is 11.2. The summed E-state index contributed by atoms with van der Waals surface area (Å²) < 4.78 is 18.4. The molecule has 104 valence electrons. The van der Waals surface area contributed by atoms with Gasteiger partial charge in [-0.25, -0.2) is 4.39 Å². The van der Waals surface area contributed by atoms with Gasteiger partial charge in [0.1, 0.15) is 11.6 Å². The third-order valence-corrected chi connectivity index (χ3v) is 2.79. The van der Waals surface area contributed by atoms with E-state index in [9.17, 15) is 9.18 Å². The molecule has 2 aromatic rings. The highest BCUT2D eigenvalue weighted by molar-refractivity contribution is 6.05. The Morgan fingerprint density at radius 2 is 2.00 bits per heavy atom. The molecule has 5 heteroatoms. The Morgan fingerprint density at radius 1 is 1.25 bits per heavy atom. The summed E-state index contributed by atoms with van der Waals surface area (Å²) in [5.41, 5.74) is 7.41. The average molecular weight is 274 g/mol. The lowest BCUT2D eigenvalue weighted by atomic mass is 10.1. The number of hydrogen-bond acceptors (Lipinski definition) is 3. The van der Waals surface area contributed by atoms with E-state index in [1.807, 2.05) is 13.0 Å². The lowest BCUT2D eigenvalue weighted by Gasteiger charge is -2.11. The summed E-state index contributed by atoms with van der Waals surface area (Å²) in [5, 5.41) is 2.67. The molecule has 0 spiro atoms. The fourth-order valence-corrected chi connectivity index (χ4v) is 1.84. The van der Waals surface area contributed by atoms with Gasteiger partial charge in [-0.2, -0.15) is 0 Å². The topological polar surface area (TPSA) is 64.3 Å². The predicted molar refractivity (Wildman–Crippen MR) is 76.5 cm³/mol. The van der Waals surface area contributed by atoms with Gasteiger partial charge in [0.15, 0.2) is 0 Å². The largest absolute Gasteiger partial charge is 0.495 e. The summed E-state index contributed by atoms with van der Waals surface area (Å²) >= 11 is 0. The molecule has 3 N–H and O–H groups in total. The fraction of sp³-hybridized carbons (Fsp3) is 0.133. The third kappa shape index (κ3) is 3.06.